The minimum absolute atomic E-state index is 0. The maximum absolute atomic E-state index is 12.4. The molecule has 0 radical (unpaired) electrons. The minimum atomic E-state index is -4.56. The summed E-state index contributed by atoms with van der Waals surface area (Å²) in [6.07, 6.45) is -1.43. The van der Waals surface area contributed by atoms with Crippen LogP contribution in [0.3, 0.4) is 0 Å². The van der Waals surface area contributed by atoms with Gasteiger partial charge >= 0.3 is 6.18 Å². The van der Waals surface area contributed by atoms with Gasteiger partial charge in [0.2, 0.25) is 0 Å². The van der Waals surface area contributed by atoms with Crippen LogP contribution in [0, 0.1) is 0 Å². The van der Waals surface area contributed by atoms with E-state index in [9.17, 15) is 21.9 Å². The fourth-order valence-corrected chi connectivity index (χ4v) is 2.71. The van der Waals surface area contributed by atoms with Gasteiger partial charge in [0.15, 0.2) is 0 Å². The topological polar surface area (TPSA) is 128 Å². The van der Waals surface area contributed by atoms with Crippen molar-refractivity contribution in [1.82, 2.24) is 29.8 Å². The number of pyridine rings is 1. The summed E-state index contributed by atoms with van der Waals surface area (Å²) in [6.45, 7) is 0. The van der Waals surface area contributed by atoms with Crippen molar-refractivity contribution in [3.63, 3.8) is 0 Å². The largest absolute Gasteiger partial charge is 0.768 e. The Labute approximate surface area is 165 Å². The lowest BCUT2D eigenvalue weighted by molar-refractivity contribution is -0.141. The average Bonchev–Trinajstić information content (AvgIpc) is 3.30. The SMILES string of the molecule is Cn1nnc2cccc(N)c21.O=S([O-])c1cnn(-c2ccnc(C(F)(F)F)c2)c1.[HH]. The number of anilines is 1. The maximum Gasteiger partial charge on any atom is 0.433 e. The number of aryl methyl sites for hydroxylation is 1. The Balaban J connectivity index is 0.000000229. The number of nitrogen functional groups attached to an aromatic ring is 1. The van der Waals surface area contributed by atoms with Crippen LogP contribution in [0.4, 0.5) is 18.9 Å². The molecule has 1 unspecified atom stereocenters. The molecule has 1 aromatic carbocycles. The fourth-order valence-electron chi connectivity index (χ4n) is 2.39. The normalized spacial score (nSPS) is 12.4. The van der Waals surface area contributed by atoms with E-state index in [0.717, 1.165) is 46.1 Å². The second-order valence-electron chi connectivity index (χ2n) is 5.68. The lowest BCUT2D eigenvalue weighted by Gasteiger charge is -2.07. The number of alkyl halides is 3. The third-order valence-corrected chi connectivity index (χ3v) is 4.30. The van der Waals surface area contributed by atoms with E-state index in [1.165, 1.54) is 6.07 Å². The van der Waals surface area contributed by atoms with Crippen molar-refractivity contribution < 1.29 is 23.4 Å². The van der Waals surface area contributed by atoms with Crippen LogP contribution in [0.2, 0.25) is 0 Å². The molecule has 0 saturated heterocycles. The molecule has 0 aliphatic carbocycles. The van der Waals surface area contributed by atoms with Gasteiger partial charge in [-0.1, -0.05) is 11.3 Å². The fraction of sp³-hybridized carbons (Fsp3) is 0.125. The number of para-hydroxylation sites is 1. The number of fused-ring (bicyclic) bond motifs is 1. The van der Waals surface area contributed by atoms with Crippen molar-refractivity contribution in [2.24, 2.45) is 7.05 Å². The molecule has 0 saturated carbocycles. The standard InChI is InChI=1S/C9H6F3N3O2S.C7H8N4.H2/c10-9(11,12)8-3-6(1-2-13-8)15-5-7(4-14-15)18(16)17;1-11-7-5(8)3-2-4-6(7)9-10-11;/h1-5H,(H,16,17);2-4H,8H2,1H3;1H/p-1. The number of nitrogens with two attached hydrogens (primary N) is 1. The second-order valence-corrected chi connectivity index (χ2v) is 6.62. The number of rotatable bonds is 2. The molecule has 154 valence electrons. The average molecular weight is 426 g/mol. The Morgan fingerprint density at radius 2 is 2.03 bits per heavy atom. The third kappa shape index (κ3) is 4.57. The number of benzene rings is 1. The molecule has 9 nitrogen and oxygen atoms in total. The van der Waals surface area contributed by atoms with Gasteiger partial charge in [0.25, 0.3) is 0 Å². The molecular formula is C16H15F3N7O2S-. The smallest absolute Gasteiger partial charge is 0.433 e. The molecule has 0 spiro atoms. The first-order valence-electron chi connectivity index (χ1n) is 7.88. The molecule has 1 atom stereocenters. The second kappa shape index (κ2) is 7.97. The molecule has 0 aliphatic rings. The van der Waals surface area contributed by atoms with Crippen LogP contribution in [0.25, 0.3) is 16.7 Å². The van der Waals surface area contributed by atoms with Gasteiger partial charge in [-0.25, -0.2) is 9.36 Å². The van der Waals surface area contributed by atoms with E-state index >= 15 is 0 Å². The zero-order chi connectivity index (χ0) is 21.2. The molecule has 0 fully saturated rings. The molecule has 29 heavy (non-hydrogen) atoms. The van der Waals surface area contributed by atoms with Crippen molar-refractivity contribution >= 4 is 27.8 Å². The summed E-state index contributed by atoms with van der Waals surface area (Å²) in [4.78, 5) is 3.08. The number of aromatic nitrogens is 6. The van der Waals surface area contributed by atoms with Gasteiger partial charge in [0.1, 0.15) is 16.7 Å². The molecular weight excluding hydrogens is 411 g/mol. The highest BCUT2D eigenvalue weighted by molar-refractivity contribution is 7.79. The zero-order valence-electron chi connectivity index (χ0n) is 14.7. The van der Waals surface area contributed by atoms with E-state index in [0.29, 0.717) is 0 Å². The maximum atomic E-state index is 12.4. The minimum Gasteiger partial charge on any atom is -0.768 e. The van der Waals surface area contributed by atoms with E-state index in [4.69, 9.17) is 5.73 Å². The molecule has 3 heterocycles. The van der Waals surface area contributed by atoms with E-state index in [1.54, 1.807) is 4.68 Å². The Bertz CT molecular complexity index is 1180. The monoisotopic (exact) mass is 426 g/mol. The summed E-state index contributed by atoms with van der Waals surface area (Å²) in [5.74, 6) is 0. The van der Waals surface area contributed by atoms with Crippen molar-refractivity contribution in [1.29, 1.82) is 0 Å². The third-order valence-electron chi connectivity index (χ3n) is 3.71. The first-order chi connectivity index (χ1) is 13.7. The van der Waals surface area contributed by atoms with Crippen LogP contribution in [0.1, 0.15) is 7.12 Å². The van der Waals surface area contributed by atoms with E-state index < -0.39 is 23.0 Å². The quantitative estimate of drug-likeness (QED) is 0.385. The van der Waals surface area contributed by atoms with Crippen molar-refractivity contribution in [3.8, 4) is 5.69 Å². The zero-order valence-corrected chi connectivity index (χ0v) is 15.6. The summed E-state index contributed by atoms with van der Waals surface area (Å²) in [6, 6.07) is 7.67. The van der Waals surface area contributed by atoms with E-state index in [1.807, 2.05) is 25.2 Å². The molecule has 4 rings (SSSR count). The van der Waals surface area contributed by atoms with Crippen LogP contribution < -0.4 is 5.73 Å². The van der Waals surface area contributed by atoms with Gasteiger partial charge in [-0.3, -0.25) is 9.19 Å². The molecule has 0 amide bonds. The summed E-state index contributed by atoms with van der Waals surface area (Å²) in [5.41, 5.74) is 7.16. The van der Waals surface area contributed by atoms with Crippen LogP contribution in [0.5, 0.6) is 0 Å². The summed E-state index contributed by atoms with van der Waals surface area (Å²) in [7, 11) is 1.83. The first-order valence-corrected chi connectivity index (χ1v) is 8.95. The van der Waals surface area contributed by atoms with Crippen molar-refractivity contribution in [2.45, 2.75) is 11.1 Å². The highest BCUT2D eigenvalue weighted by Crippen LogP contribution is 2.28. The van der Waals surface area contributed by atoms with E-state index in [-0.39, 0.29) is 12.0 Å². The first kappa shape index (κ1) is 20.4. The number of halogens is 3. The Hall–Kier alpha value is -3.32. The lowest BCUT2D eigenvalue weighted by atomic mass is 10.3. The van der Waals surface area contributed by atoms with Gasteiger partial charge < -0.3 is 10.3 Å². The molecule has 4 aromatic rings. The number of nitrogens with zero attached hydrogens (tertiary/aromatic N) is 6. The van der Waals surface area contributed by atoms with Gasteiger partial charge in [-0.05, 0) is 35.3 Å². The highest BCUT2D eigenvalue weighted by atomic mass is 32.2. The highest BCUT2D eigenvalue weighted by Gasteiger charge is 2.32. The predicted molar refractivity (Wildman–Crippen MR) is 98.6 cm³/mol. The molecule has 3 aromatic heterocycles. The van der Waals surface area contributed by atoms with E-state index in [2.05, 4.69) is 20.4 Å². The van der Waals surface area contributed by atoms with Crippen LogP contribution in [0.15, 0.2) is 53.8 Å². The summed E-state index contributed by atoms with van der Waals surface area (Å²) in [5, 5.41) is 11.4. The molecule has 2 N–H and O–H groups in total. The van der Waals surface area contributed by atoms with Gasteiger partial charge in [-0.15, -0.1) is 5.10 Å². The number of hydrogen-bond donors (Lipinski definition) is 1. The lowest BCUT2D eigenvalue weighted by Crippen LogP contribution is -2.09. The van der Waals surface area contributed by atoms with Gasteiger partial charge in [0, 0.05) is 20.9 Å². The van der Waals surface area contributed by atoms with Crippen molar-refractivity contribution in [2.75, 3.05) is 5.73 Å². The Morgan fingerprint density at radius 3 is 2.66 bits per heavy atom. The molecule has 13 heteroatoms. The molecule has 0 bridgehead atoms. The Morgan fingerprint density at radius 1 is 1.28 bits per heavy atom. The van der Waals surface area contributed by atoms with Gasteiger partial charge in [-0.2, -0.15) is 18.3 Å². The summed E-state index contributed by atoms with van der Waals surface area (Å²) < 4.78 is 61.2. The Kier molecular flexibility index (Phi) is 5.61. The van der Waals surface area contributed by atoms with Crippen LogP contribution >= 0.6 is 0 Å². The molecule has 0 aliphatic heterocycles. The predicted octanol–water partition coefficient (Wildman–Crippen LogP) is 2.32. The number of hydrogen-bond acceptors (Lipinski definition) is 7. The van der Waals surface area contributed by atoms with Crippen LogP contribution in [-0.4, -0.2) is 38.5 Å². The van der Waals surface area contributed by atoms with Gasteiger partial charge in [0.05, 0.1) is 22.5 Å². The van der Waals surface area contributed by atoms with Crippen molar-refractivity contribution in [3.05, 3.63) is 54.6 Å². The summed E-state index contributed by atoms with van der Waals surface area (Å²) >= 11 is -2.48. The van der Waals surface area contributed by atoms with Crippen LogP contribution in [-0.2, 0) is 24.3 Å².